The first-order valence-electron chi connectivity index (χ1n) is 8.44. The summed E-state index contributed by atoms with van der Waals surface area (Å²) in [4.78, 5) is 27.5. The molecule has 6 heteroatoms. The molecule has 138 valence electrons. The second-order valence-electron chi connectivity index (χ2n) is 5.85. The van der Waals surface area contributed by atoms with Gasteiger partial charge in [-0.05, 0) is 36.8 Å². The summed E-state index contributed by atoms with van der Waals surface area (Å²) >= 11 is 7.49. The fourth-order valence-electron chi connectivity index (χ4n) is 2.50. The molecule has 0 aliphatic carbocycles. The maximum absolute atomic E-state index is 12.8. The molecule has 0 spiro atoms. The topological polar surface area (TPSA) is 49.4 Å². The van der Waals surface area contributed by atoms with Gasteiger partial charge in [0.2, 0.25) is 11.8 Å². The minimum Gasteiger partial charge on any atom is -0.357 e. The summed E-state index contributed by atoms with van der Waals surface area (Å²) < 4.78 is 0. The number of halogens is 1. The van der Waals surface area contributed by atoms with Gasteiger partial charge in [0.05, 0.1) is 0 Å². The summed E-state index contributed by atoms with van der Waals surface area (Å²) in [6, 6.07) is 16.7. The van der Waals surface area contributed by atoms with Gasteiger partial charge in [-0.25, -0.2) is 0 Å². The van der Waals surface area contributed by atoms with Crippen molar-refractivity contribution in [3.05, 3.63) is 65.2 Å². The number of nitrogens with one attached hydrogen (secondary N) is 1. The van der Waals surface area contributed by atoms with Crippen LogP contribution in [0.25, 0.3) is 0 Å². The van der Waals surface area contributed by atoms with E-state index in [1.54, 1.807) is 30.6 Å². The second kappa shape index (κ2) is 10.2. The molecule has 2 amide bonds. The zero-order valence-electron chi connectivity index (χ0n) is 14.9. The van der Waals surface area contributed by atoms with Crippen molar-refractivity contribution in [2.24, 2.45) is 0 Å². The third-order valence-corrected chi connectivity index (χ3v) is 5.27. The molecule has 0 radical (unpaired) electrons. The Kier molecular flexibility index (Phi) is 8.01. The van der Waals surface area contributed by atoms with Crippen LogP contribution in [0.5, 0.6) is 0 Å². The number of amides is 2. The van der Waals surface area contributed by atoms with Crippen LogP contribution in [0.2, 0.25) is 5.02 Å². The lowest BCUT2D eigenvalue weighted by molar-refractivity contribution is -0.140. The number of thioether (sulfide) groups is 1. The monoisotopic (exact) mass is 390 g/mol. The molecular formula is C20H23ClN2O2S. The Morgan fingerprint density at radius 3 is 2.38 bits per heavy atom. The Labute approximate surface area is 163 Å². The molecule has 0 aliphatic rings. The van der Waals surface area contributed by atoms with Crippen molar-refractivity contribution in [2.45, 2.75) is 30.8 Å². The number of nitrogens with zero attached hydrogens (tertiary/aromatic N) is 1. The Morgan fingerprint density at radius 2 is 1.77 bits per heavy atom. The van der Waals surface area contributed by atoms with Crippen molar-refractivity contribution < 1.29 is 9.59 Å². The van der Waals surface area contributed by atoms with Crippen LogP contribution in [-0.4, -0.2) is 35.6 Å². The number of hydrogen-bond donors (Lipinski definition) is 1. The van der Waals surface area contributed by atoms with Crippen molar-refractivity contribution in [3.63, 3.8) is 0 Å². The highest BCUT2D eigenvalue weighted by Gasteiger charge is 2.25. The SMILES string of the molecule is CNC(=O)[C@H](C)N(Cc1ccccc1)C(=O)CCSc1ccc(Cl)cc1. The van der Waals surface area contributed by atoms with E-state index in [0.29, 0.717) is 23.7 Å². The van der Waals surface area contributed by atoms with Gasteiger partial charge in [-0.1, -0.05) is 41.9 Å². The molecule has 1 N–H and O–H groups in total. The third-order valence-electron chi connectivity index (χ3n) is 4.01. The standard InChI is InChI=1S/C20H23ClN2O2S/c1-15(20(25)22-2)23(14-16-6-4-3-5-7-16)19(24)12-13-26-18-10-8-17(21)9-11-18/h3-11,15H,12-14H2,1-2H3,(H,22,25)/t15-/m0/s1. The Balaban J connectivity index is 1.99. The van der Waals surface area contributed by atoms with Crippen LogP contribution in [0.1, 0.15) is 18.9 Å². The van der Waals surface area contributed by atoms with Crippen molar-refractivity contribution in [3.8, 4) is 0 Å². The summed E-state index contributed by atoms with van der Waals surface area (Å²) in [5.41, 5.74) is 1.00. The third kappa shape index (κ3) is 6.07. The van der Waals surface area contributed by atoms with Crippen LogP contribution < -0.4 is 5.32 Å². The minimum absolute atomic E-state index is 0.0357. The molecule has 0 unspecified atom stereocenters. The average molecular weight is 391 g/mol. The van der Waals surface area contributed by atoms with E-state index in [0.717, 1.165) is 10.5 Å². The molecule has 0 aliphatic heterocycles. The predicted octanol–water partition coefficient (Wildman–Crippen LogP) is 3.99. The van der Waals surface area contributed by atoms with Gasteiger partial charge in [0.1, 0.15) is 6.04 Å². The summed E-state index contributed by atoms with van der Waals surface area (Å²) in [5.74, 6) is 0.442. The van der Waals surface area contributed by atoms with E-state index in [-0.39, 0.29) is 11.8 Å². The highest BCUT2D eigenvalue weighted by atomic mass is 35.5. The normalized spacial score (nSPS) is 11.7. The average Bonchev–Trinajstić information content (AvgIpc) is 2.67. The smallest absolute Gasteiger partial charge is 0.242 e. The van der Waals surface area contributed by atoms with Gasteiger partial charge in [0.15, 0.2) is 0 Å². The summed E-state index contributed by atoms with van der Waals surface area (Å²) in [6.07, 6.45) is 0.363. The number of benzene rings is 2. The molecule has 2 rings (SSSR count). The van der Waals surface area contributed by atoms with Gasteiger partial charge in [-0.3, -0.25) is 9.59 Å². The molecule has 4 nitrogen and oxygen atoms in total. The first-order chi connectivity index (χ1) is 12.5. The quantitative estimate of drug-likeness (QED) is 0.693. The van der Waals surface area contributed by atoms with Crippen molar-refractivity contribution in [1.82, 2.24) is 10.2 Å². The molecule has 2 aromatic rings. The zero-order valence-corrected chi connectivity index (χ0v) is 16.5. The molecule has 0 saturated carbocycles. The predicted molar refractivity (Wildman–Crippen MR) is 107 cm³/mol. The van der Waals surface area contributed by atoms with Crippen LogP contribution in [0.3, 0.4) is 0 Å². The van der Waals surface area contributed by atoms with E-state index in [1.165, 1.54) is 0 Å². The van der Waals surface area contributed by atoms with E-state index in [9.17, 15) is 9.59 Å². The van der Waals surface area contributed by atoms with Crippen LogP contribution >= 0.6 is 23.4 Å². The van der Waals surface area contributed by atoms with Gasteiger partial charge >= 0.3 is 0 Å². The van der Waals surface area contributed by atoms with E-state index < -0.39 is 6.04 Å². The fraction of sp³-hybridized carbons (Fsp3) is 0.300. The van der Waals surface area contributed by atoms with Gasteiger partial charge < -0.3 is 10.2 Å². The minimum atomic E-state index is -0.520. The van der Waals surface area contributed by atoms with Gasteiger partial charge in [0, 0.05) is 35.7 Å². The Hall–Kier alpha value is -1.98. The molecule has 0 aromatic heterocycles. The van der Waals surface area contributed by atoms with E-state index in [1.807, 2.05) is 54.6 Å². The van der Waals surface area contributed by atoms with E-state index in [4.69, 9.17) is 11.6 Å². The largest absolute Gasteiger partial charge is 0.357 e. The molecule has 0 heterocycles. The van der Waals surface area contributed by atoms with Crippen LogP contribution in [0.4, 0.5) is 0 Å². The van der Waals surface area contributed by atoms with Crippen molar-refractivity contribution in [1.29, 1.82) is 0 Å². The van der Waals surface area contributed by atoms with Crippen LogP contribution in [0, 0.1) is 0 Å². The molecule has 0 saturated heterocycles. The second-order valence-corrected chi connectivity index (χ2v) is 7.45. The lowest BCUT2D eigenvalue weighted by atomic mass is 10.1. The lowest BCUT2D eigenvalue weighted by Gasteiger charge is -2.28. The number of rotatable bonds is 8. The molecule has 0 fully saturated rings. The Morgan fingerprint density at radius 1 is 1.12 bits per heavy atom. The maximum Gasteiger partial charge on any atom is 0.242 e. The van der Waals surface area contributed by atoms with Crippen LogP contribution in [0.15, 0.2) is 59.5 Å². The molecular weight excluding hydrogens is 368 g/mol. The number of carbonyl (C=O) groups is 2. The summed E-state index contributed by atoms with van der Waals surface area (Å²) in [5, 5.41) is 3.32. The first kappa shape index (κ1) is 20.3. The highest BCUT2D eigenvalue weighted by Crippen LogP contribution is 2.22. The number of likely N-dealkylation sites (N-methyl/N-ethyl adjacent to an activating group) is 1. The highest BCUT2D eigenvalue weighted by molar-refractivity contribution is 7.99. The molecule has 1 atom stereocenters. The molecule has 2 aromatic carbocycles. The summed E-state index contributed by atoms with van der Waals surface area (Å²) in [6.45, 7) is 2.17. The van der Waals surface area contributed by atoms with Crippen LogP contribution in [-0.2, 0) is 16.1 Å². The van der Waals surface area contributed by atoms with Gasteiger partial charge in [-0.15, -0.1) is 11.8 Å². The molecule has 0 bridgehead atoms. The van der Waals surface area contributed by atoms with Crippen molar-refractivity contribution >= 4 is 35.2 Å². The Bertz CT molecular complexity index is 722. The fourth-order valence-corrected chi connectivity index (χ4v) is 3.47. The first-order valence-corrected chi connectivity index (χ1v) is 9.81. The molecule has 26 heavy (non-hydrogen) atoms. The number of carbonyl (C=O) groups excluding carboxylic acids is 2. The lowest BCUT2D eigenvalue weighted by Crippen LogP contribution is -2.46. The summed E-state index contributed by atoms with van der Waals surface area (Å²) in [7, 11) is 1.58. The number of hydrogen-bond acceptors (Lipinski definition) is 3. The van der Waals surface area contributed by atoms with E-state index in [2.05, 4.69) is 5.32 Å². The van der Waals surface area contributed by atoms with Crippen molar-refractivity contribution in [2.75, 3.05) is 12.8 Å². The van der Waals surface area contributed by atoms with Gasteiger partial charge in [-0.2, -0.15) is 0 Å². The van der Waals surface area contributed by atoms with E-state index >= 15 is 0 Å². The maximum atomic E-state index is 12.8. The zero-order chi connectivity index (χ0) is 18.9. The van der Waals surface area contributed by atoms with Gasteiger partial charge in [0.25, 0.3) is 0 Å².